The van der Waals surface area contributed by atoms with E-state index in [2.05, 4.69) is 20.6 Å². The van der Waals surface area contributed by atoms with E-state index in [9.17, 15) is 18.3 Å². The number of aliphatic hydroxyl groups is 1. The summed E-state index contributed by atoms with van der Waals surface area (Å²) in [5.74, 6) is -0.155. The van der Waals surface area contributed by atoms with Crippen LogP contribution in [0.4, 0.5) is 30.6 Å². The van der Waals surface area contributed by atoms with Gasteiger partial charge in [-0.1, -0.05) is 26.0 Å². The lowest BCUT2D eigenvalue weighted by atomic mass is 10.1. The fourth-order valence-electron chi connectivity index (χ4n) is 2.32. The van der Waals surface area contributed by atoms with Crippen LogP contribution in [-0.4, -0.2) is 27.7 Å². The van der Waals surface area contributed by atoms with E-state index < -0.39 is 17.9 Å². The summed E-state index contributed by atoms with van der Waals surface area (Å²) >= 11 is 0. The van der Waals surface area contributed by atoms with Gasteiger partial charge in [0.1, 0.15) is 5.82 Å². The second-order valence-electron chi connectivity index (χ2n) is 6.58. The lowest BCUT2D eigenvalue weighted by Crippen LogP contribution is -2.30. The molecule has 0 spiro atoms. The maximum atomic E-state index is 13.2. The number of benzene rings is 1. The van der Waals surface area contributed by atoms with E-state index in [0.717, 1.165) is 17.2 Å². The molecular weight excluding hydrogens is 345 g/mol. The Morgan fingerprint density at radius 3 is 2.38 bits per heavy atom. The topological polar surface area (TPSA) is 70.1 Å². The van der Waals surface area contributed by atoms with Crippen molar-refractivity contribution in [3.05, 3.63) is 41.1 Å². The molecule has 0 fully saturated rings. The lowest BCUT2D eigenvalue weighted by molar-refractivity contribution is -0.141. The molecule has 0 amide bonds. The highest BCUT2D eigenvalue weighted by molar-refractivity contribution is 5.62. The van der Waals surface area contributed by atoms with Gasteiger partial charge in [0.05, 0.1) is 12.6 Å². The van der Waals surface area contributed by atoms with Crippen LogP contribution in [-0.2, 0) is 6.18 Å². The Balaban J connectivity index is 2.41. The number of nitrogens with one attached hydrogen (secondary N) is 2. The molecule has 1 atom stereocenters. The summed E-state index contributed by atoms with van der Waals surface area (Å²) in [6.45, 7) is 7.20. The van der Waals surface area contributed by atoms with Crippen molar-refractivity contribution < 1.29 is 18.3 Å². The third kappa shape index (κ3) is 5.08. The van der Waals surface area contributed by atoms with Crippen LogP contribution in [0, 0.1) is 19.8 Å². The van der Waals surface area contributed by atoms with Gasteiger partial charge in [0.15, 0.2) is 5.69 Å². The number of hydrogen-bond donors (Lipinski definition) is 3. The molecule has 0 aliphatic rings. The third-order valence-electron chi connectivity index (χ3n) is 3.99. The fourth-order valence-corrected chi connectivity index (χ4v) is 2.32. The van der Waals surface area contributed by atoms with Crippen LogP contribution < -0.4 is 10.6 Å². The number of anilines is 3. The van der Waals surface area contributed by atoms with Gasteiger partial charge in [-0.3, -0.25) is 0 Å². The normalized spacial score (nSPS) is 13.0. The number of halogens is 3. The van der Waals surface area contributed by atoms with Gasteiger partial charge in [-0.15, -0.1) is 0 Å². The molecule has 0 aliphatic carbocycles. The number of rotatable bonds is 6. The molecule has 1 aromatic heterocycles. The maximum Gasteiger partial charge on any atom is 0.433 e. The summed E-state index contributed by atoms with van der Waals surface area (Å²) in [5, 5.41) is 15.1. The first kappa shape index (κ1) is 20.0. The highest BCUT2D eigenvalue weighted by Crippen LogP contribution is 2.31. The van der Waals surface area contributed by atoms with E-state index in [0.29, 0.717) is 5.69 Å². The average Bonchev–Trinajstić information content (AvgIpc) is 2.54. The summed E-state index contributed by atoms with van der Waals surface area (Å²) in [6, 6.07) is 6.05. The van der Waals surface area contributed by atoms with Crippen molar-refractivity contribution in [2.75, 3.05) is 17.2 Å². The van der Waals surface area contributed by atoms with E-state index in [1.807, 2.05) is 45.9 Å². The second kappa shape index (κ2) is 7.90. The van der Waals surface area contributed by atoms with Crippen molar-refractivity contribution in [1.29, 1.82) is 0 Å². The second-order valence-corrected chi connectivity index (χ2v) is 6.58. The molecule has 1 aromatic carbocycles. The van der Waals surface area contributed by atoms with Crippen LogP contribution in [0.5, 0.6) is 0 Å². The highest BCUT2D eigenvalue weighted by Gasteiger charge is 2.34. The van der Waals surface area contributed by atoms with E-state index in [1.165, 1.54) is 0 Å². The van der Waals surface area contributed by atoms with Gasteiger partial charge in [0, 0.05) is 11.8 Å². The van der Waals surface area contributed by atoms with Gasteiger partial charge in [-0.25, -0.2) is 4.98 Å². The molecule has 26 heavy (non-hydrogen) atoms. The Labute approximate surface area is 150 Å². The summed E-state index contributed by atoms with van der Waals surface area (Å²) in [6.07, 6.45) is -4.61. The zero-order valence-electron chi connectivity index (χ0n) is 15.1. The van der Waals surface area contributed by atoms with Crippen LogP contribution in [0.15, 0.2) is 24.3 Å². The van der Waals surface area contributed by atoms with Crippen LogP contribution >= 0.6 is 0 Å². The molecule has 142 valence electrons. The smallest absolute Gasteiger partial charge is 0.394 e. The molecule has 0 bridgehead atoms. The minimum Gasteiger partial charge on any atom is -0.394 e. The molecule has 0 radical (unpaired) electrons. The predicted molar refractivity (Wildman–Crippen MR) is 95.6 cm³/mol. The molecule has 0 unspecified atom stereocenters. The monoisotopic (exact) mass is 368 g/mol. The average molecular weight is 368 g/mol. The number of hydrogen-bond acceptors (Lipinski definition) is 5. The summed E-state index contributed by atoms with van der Waals surface area (Å²) in [7, 11) is 0. The molecule has 5 nitrogen and oxygen atoms in total. The Hall–Kier alpha value is -2.35. The van der Waals surface area contributed by atoms with Crippen LogP contribution in [0.3, 0.4) is 0 Å². The van der Waals surface area contributed by atoms with E-state index in [-0.39, 0.29) is 24.3 Å². The summed E-state index contributed by atoms with van der Waals surface area (Å²) < 4.78 is 39.6. The van der Waals surface area contributed by atoms with Crippen molar-refractivity contribution in [2.24, 2.45) is 5.92 Å². The molecule has 1 heterocycles. The Kier molecular flexibility index (Phi) is 6.07. The van der Waals surface area contributed by atoms with Gasteiger partial charge >= 0.3 is 6.18 Å². The molecule has 0 saturated heterocycles. The third-order valence-corrected chi connectivity index (χ3v) is 3.99. The number of aliphatic hydroxyl groups excluding tert-OH is 1. The number of nitrogens with zero attached hydrogens (tertiary/aromatic N) is 2. The largest absolute Gasteiger partial charge is 0.433 e. The zero-order chi connectivity index (χ0) is 19.5. The van der Waals surface area contributed by atoms with Crippen molar-refractivity contribution in [2.45, 2.75) is 39.9 Å². The Bertz CT molecular complexity index is 763. The minimum absolute atomic E-state index is 0.00595. The van der Waals surface area contributed by atoms with Crippen molar-refractivity contribution >= 4 is 17.5 Å². The first-order valence-corrected chi connectivity index (χ1v) is 8.28. The van der Waals surface area contributed by atoms with E-state index >= 15 is 0 Å². The molecule has 0 aliphatic heterocycles. The molecule has 3 N–H and O–H groups in total. The molecule has 2 rings (SSSR count). The van der Waals surface area contributed by atoms with Crippen molar-refractivity contribution in [3.8, 4) is 0 Å². The van der Waals surface area contributed by atoms with Gasteiger partial charge in [0.2, 0.25) is 5.95 Å². The fraction of sp³-hybridized carbons (Fsp3) is 0.444. The molecule has 8 heteroatoms. The summed E-state index contributed by atoms with van der Waals surface area (Å²) in [4.78, 5) is 7.70. The van der Waals surface area contributed by atoms with Gasteiger partial charge in [0.25, 0.3) is 0 Å². The molecule has 2 aromatic rings. The first-order chi connectivity index (χ1) is 12.1. The van der Waals surface area contributed by atoms with Crippen molar-refractivity contribution in [1.82, 2.24) is 9.97 Å². The van der Waals surface area contributed by atoms with Gasteiger partial charge in [-0.05, 0) is 37.0 Å². The molecular formula is C18H23F3N4O. The Morgan fingerprint density at radius 2 is 1.81 bits per heavy atom. The van der Waals surface area contributed by atoms with E-state index in [4.69, 9.17) is 0 Å². The van der Waals surface area contributed by atoms with Gasteiger partial charge in [-0.2, -0.15) is 18.2 Å². The maximum absolute atomic E-state index is 13.2. The summed E-state index contributed by atoms with van der Waals surface area (Å²) in [5.41, 5.74) is 1.47. The Morgan fingerprint density at radius 1 is 1.12 bits per heavy atom. The quantitative estimate of drug-likeness (QED) is 0.710. The number of alkyl halides is 3. The van der Waals surface area contributed by atoms with Crippen LogP contribution in [0.1, 0.15) is 30.7 Å². The van der Waals surface area contributed by atoms with Gasteiger partial charge < -0.3 is 15.7 Å². The lowest BCUT2D eigenvalue weighted by Gasteiger charge is -2.21. The van der Waals surface area contributed by atoms with E-state index in [1.54, 1.807) is 0 Å². The molecule has 0 saturated carbocycles. The van der Waals surface area contributed by atoms with Crippen molar-refractivity contribution in [3.63, 3.8) is 0 Å². The highest BCUT2D eigenvalue weighted by atomic mass is 19.4. The standard InChI is InChI=1S/C18H23F3N4O/c1-10(2)14(9-26)23-17-24-15(18(19,20)21)8-16(25-17)22-13-7-11(3)5-6-12(13)4/h5-8,10,14,26H,9H2,1-4H3,(H2,22,23,24,25)/t14-/m1/s1. The SMILES string of the molecule is Cc1ccc(C)c(Nc2cc(C(F)(F)F)nc(N[C@H](CO)C(C)C)n2)c1. The minimum atomic E-state index is -4.61. The number of aromatic nitrogens is 2. The predicted octanol–water partition coefficient (Wildman–Crippen LogP) is 4.28. The van der Waals surface area contributed by atoms with Crippen LogP contribution in [0.25, 0.3) is 0 Å². The zero-order valence-corrected chi connectivity index (χ0v) is 15.1. The number of aryl methyl sites for hydroxylation is 2. The van der Waals surface area contributed by atoms with Crippen LogP contribution in [0.2, 0.25) is 0 Å². The first-order valence-electron chi connectivity index (χ1n) is 8.28.